The van der Waals surface area contributed by atoms with Crippen LogP contribution >= 0.6 is 0 Å². The van der Waals surface area contributed by atoms with Gasteiger partial charge in [0.1, 0.15) is 0 Å². The number of aryl methyl sites for hydroxylation is 1. The zero-order chi connectivity index (χ0) is 19.8. The molecule has 1 N–H and O–H groups in total. The first-order valence-electron chi connectivity index (χ1n) is 10.2. The first kappa shape index (κ1) is 19.9. The Morgan fingerprint density at radius 2 is 1.57 bits per heavy atom. The summed E-state index contributed by atoms with van der Waals surface area (Å²) in [4.78, 5) is 28.9. The maximum atomic E-state index is 12.6. The molecule has 0 saturated carbocycles. The number of nitrogens with zero attached hydrogens (tertiary/aromatic N) is 2. The van der Waals surface area contributed by atoms with Crippen LogP contribution in [0.4, 0.5) is 10.5 Å². The lowest BCUT2D eigenvalue weighted by Crippen LogP contribution is -2.39. The second kappa shape index (κ2) is 9.93. The minimum atomic E-state index is -0.102. The normalized spacial score (nSPS) is 14.5. The fourth-order valence-electron chi connectivity index (χ4n) is 3.43. The summed E-state index contributed by atoms with van der Waals surface area (Å²) in [6.07, 6.45) is 4.21. The second-order valence-electron chi connectivity index (χ2n) is 7.23. The quantitative estimate of drug-likeness (QED) is 0.837. The highest BCUT2D eigenvalue weighted by Gasteiger charge is 2.22. The molecule has 5 heteroatoms. The lowest BCUT2D eigenvalue weighted by molar-refractivity contribution is 0.0762. The van der Waals surface area contributed by atoms with Gasteiger partial charge in [0.2, 0.25) is 0 Å². The lowest BCUT2D eigenvalue weighted by Gasteiger charge is -2.22. The van der Waals surface area contributed by atoms with Gasteiger partial charge in [-0.15, -0.1) is 0 Å². The van der Waals surface area contributed by atoms with Crippen molar-refractivity contribution in [1.29, 1.82) is 0 Å². The summed E-state index contributed by atoms with van der Waals surface area (Å²) in [5, 5.41) is 2.98. The van der Waals surface area contributed by atoms with Gasteiger partial charge in [-0.1, -0.05) is 43.7 Å². The number of rotatable bonds is 5. The Hall–Kier alpha value is -2.82. The van der Waals surface area contributed by atoms with E-state index in [1.165, 1.54) is 18.4 Å². The van der Waals surface area contributed by atoms with E-state index in [1.807, 2.05) is 47.4 Å². The molecule has 3 rings (SSSR count). The summed E-state index contributed by atoms with van der Waals surface area (Å²) in [6.45, 7) is 4.60. The van der Waals surface area contributed by atoms with Crippen molar-refractivity contribution < 1.29 is 9.59 Å². The van der Waals surface area contributed by atoms with E-state index in [1.54, 1.807) is 4.90 Å². The van der Waals surface area contributed by atoms with E-state index in [9.17, 15) is 9.59 Å². The molecule has 0 aromatic heterocycles. The van der Waals surface area contributed by atoms with Gasteiger partial charge < -0.3 is 15.1 Å². The van der Waals surface area contributed by atoms with Crippen LogP contribution in [0.1, 0.15) is 42.1 Å². The number of amides is 3. The highest BCUT2D eigenvalue weighted by atomic mass is 16.2. The van der Waals surface area contributed by atoms with Crippen LogP contribution < -0.4 is 5.32 Å². The summed E-state index contributed by atoms with van der Waals surface area (Å²) >= 11 is 0. The van der Waals surface area contributed by atoms with Crippen LogP contribution in [0.15, 0.2) is 54.6 Å². The maximum Gasteiger partial charge on any atom is 0.321 e. The highest BCUT2D eigenvalue weighted by molar-refractivity contribution is 5.94. The number of anilines is 1. The van der Waals surface area contributed by atoms with E-state index in [4.69, 9.17) is 0 Å². The van der Waals surface area contributed by atoms with E-state index in [2.05, 4.69) is 24.4 Å². The number of hydrogen-bond acceptors (Lipinski definition) is 2. The third-order valence-electron chi connectivity index (χ3n) is 5.12. The molecule has 1 heterocycles. The van der Waals surface area contributed by atoms with E-state index in [-0.39, 0.29) is 11.9 Å². The topological polar surface area (TPSA) is 52.7 Å². The van der Waals surface area contributed by atoms with Gasteiger partial charge in [-0.2, -0.15) is 0 Å². The van der Waals surface area contributed by atoms with E-state index < -0.39 is 0 Å². The molecule has 1 aliphatic rings. The van der Waals surface area contributed by atoms with Crippen LogP contribution in [0.2, 0.25) is 0 Å². The average molecular weight is 380 g/mol. The van der Waals surface area contributed by atoms with Gasteiger partial charge in [0.15, 0.2) is 0 Å². The van der Waals surface area contributed by atoms with Gasteiger partial charge in [0.05, 0.1) is 0 Å². The zero-order valence-corrected chi connectivity index (χ0v) is 16.6. The number of unbranched alkanes of at least 4 members (excludes halogenated alkanes) is 1. The van der Waals surface area contributed by atoms with Crippen LogP contribution in [0.3, 0.4) is 0 Å². The van der Waals surface area contributed by atoms with Gasteiger partial charge in [-0.3, -0.25) is 4.79 Å². The third-order valence-corrected chi connectivity index (χ3v) is 5.12. The molecule has 0 aliphatic carbocycles. The van der Waals surface area contributed by atoms with Crippen LogP contribution in [0, 0.1) is 0 Å². The molecule has 0 spiro atoms. The number of nitrogens with one attached hydrogen (secondary N) is 1. The first-order valence-corrected chi connectivity index (χ1v) is 10.2. The minimum absolute atomic E-state index is 0.0329. The second-order valence-corrected chi connectivity index (χ2v) is 7.23. The number of carbonyl (C=O) groups excluding carboxylic acids is 2. The Kier molecular flexibility index (Phi) is 7.06. The molecule has 0 radical (unpaired) electrons. The molecule has 1 saturated heterocycles. The Balaban J connectivity index is 1.53. The van der Waals surface area contributed by atoms with Gasteiger partial charge in [-0.25, -0.2) is 4.79 Å². The molecule has 3 amide bonds. The van der Waals surface area contributed by atoms with Gasteiger partial charge >= 0.3 is 6.03 Å². The fraction of sp³-hybridized carbons (Fsp3) is 0.391. The number of urea groups is 1. The van der Waals surface area contributed by atoms with Crippen LogP contribution in [-0.2, 0) is 6.42 Å². The summed E-state index contributed by atoms with van der Waals surface area (Å²) in [6, 6.07) is 17.3. The van der Waals surface area contributed by atoms with Crippen LogP contribution in [-0.4, -0.2) is 47.9 Å². The number of hydrogen-bond donors (Lipinski definition) is 1. The Morgan fingerprint density at radius 1 is 0.893 bits per heavy atom. The van der Waals surface area contributed by atoms with Crippen molar-refractivity contribution in [3.63, 3.8) is 0 Å². The summed E-state index contributed by atoms with van der Waals surface area (Å²) in [5.41, 5.74) is 2.81. The predicted molar refractivity (Wildman–Crippen MR) is 113 cm³/mol. The monoisotopic (exact) mass is 379 g/mol. The van der Waals surface area contributed by atoms with E-state index in [0.717, 1.165) is 18.5 Å². The Labute approximate surface area is 167 Å². The van der Waals surface area contributed by atoms with Crippen molar-refractivity contribution in [2.75, 3.05) is 31.5 Å². The fourth-order valence-corrected chi connectivity index (χ4v) is 3.43. The SMILES string of the molecule is CCCCc1ccc(NC(=O)N2CCCN(C(=O)c3ccccc3)CC2)cc1. The standard InChI is InChI=1S/C23H29N3O2/c1-2-3-8-19-11-13-21(14-12-19)24-23(28)26-16-7-15-25(17-18-26)22(27)20-9-5-4-6-10-20/h4-6,9-14H,2-3,7-8,15-18H2,1H3,(H,24,28). The van der Waals surface area contributed by atoms with Crippen molar-refractivity contribution in [3.05, 3.63) is 65.7 Å². The molecule has 0 atom stereocenters. The molecule has 0 bridgehead atoms. The lowest BCUT2D eigenvalue weighted by atomic mass is 10.1. The van der Waals surface area contributed by atoms with E-state index in [0.29, 0.717) is 31.7 Å². The molecule has 2 aromatic carbocycles. The van der Waals surface area contributed by atoms with Crippen molar-refractivity contribution in [2.24, 2.45) is 0 Å². The molecule has 5 nitrogen and oxygen atoms in total. The van der Waals surface area contributed by atoms with Gasteiger partial charge in [-0.05, 0) is 49.1 Å². The molecule has 0 unspecified atom stereocenters. The van der Waals surface area contributed by atoms with Crippen molar-refractivity contribution in [2.45, 2.75) is 32.6 Å². The van der Waals surface area contributed by atoms with Crippen molar-refractivity contribution in [3.8, 4) is 0 Å². The van der Waals surface area contributed by atoms with Crippen molar-refractivity contribution in [1.82, 2.24) is 9.80 Å². The first-order chi connectivity index (χ1) is 13.7. The average Bonchev–Trinajstić information content (AvgIpc) is 3.00. The molecule has 2 aromatic rings. The molecule has 1 aliphatic heterocycles. The van der Waals surface area contributed by atoms with E-state index >= 15 is 0 Å². The van der Waals surface area contributed by atoms with Gasteiger partial charge in [0, 0.05) is 37.4 Å². The molecule has 1 fully saturated rings. The molecular weight excluding hydrogens is 350 g/mol. The highest BCUT2D eigenvalue weighted by Crippen LogP contribution is 2.14. The number of carbonyl (C=O) groups is 2. The molecule has 148 valence electrons. The van der Waals surface area contributed by atoms with Crippen LogP contribution in [0.25, 0.3) is 0 Å². The summed E-state index contributed by atoms with van der Waals surface area (Å²) in [7, 11) is 0. The summed E-state index contributed by atoms with van der Waals surface area (Å²) in [5.74, 6) is 0.0329. The molecular formula is C23H29N3O2. The number of benzene rings is 2. The maximum absolute atomic E-state index is 12.6. The molecule has 28 heavy (non-hydrogen) atoms. The minimum Gasteiger partial charge on any atom is -0.337 e. The Bertz CT molecular complexity index is 774. The third kappa shape index (κ3) is 5.35. The Morgan fingerprint density at radius 3 is 2.29 bits per heavy atom. The van der Waals surface area contributed by atoms with Crippen molar-refractivity contribution >= 4 is 17.6 Å². The predicted octanol–water partition coefficient (Wildman–Crippen LogP) is 4.41. The largest absolute Gasteiger partial charge is 0.337 e. The summed E-state index contributed by atoms with van der Waals surface area (Å²) < 4.78 is 0. The van der Waals surface area contributed by atoms with Crippen LogP contribution in [0.5, 0.6) is 0 Å². The van der Waals surface area contributed by atoms with Gasteiger partial charge in [0.25, 0.3) is 5.91 Å². The smallest absolute Gasteiger partial charge is 0.321 e. The zero-order valence-electron chi connectivity index (χ0n) is 16.6.